The minimum absolute atomic E-state index is 0.104. The van der Waals surface area contributed by atoms with Gasteiger partial charge in [0.25, 0.3) is 0 Å². The first kappa shape index (κ1) is 15.9. The summed E-state index contributed by atoms with van der Waals surface area (Å²) in [5, 5.41) is 0. The van der Waals surface area contributed by atoms with Gasteiger partial charge in [-0.1, -0.05) is 32.9 Å². The third-order valence-corrected chi connectivity index (χ3v) is 3.83. The van der Waals surface area contributed by atoms with Crippen LogP contribution in [0.4, 0.5) is 0 Å². The molecule has 0 fully saturated rings. The lowest BCUT2D eigenvalue weighted by Gasteiger charge is -2.14. The summed E-state index contributed by atoms with van der Waals surface area (Å²) in [6.07, 6.45) is 3.51. The van der Waals surface area contributed by atoms with E-state index in [4.69, 9.17) is 10.7 Å². The third-order valence-electron chi connectivity index (χ3n) is 3.83. The fourth-order valence-corrected chi connectivity index (χ4v) is 2.46. The van der Waals surface area contributed by atoms with E-state index in [9.17, 15) is 4.79 Å². The van der Waals surface area contributed by atoms with E-state index in [1.807, 2.05) is 24.3 Å². The molecule has 1 aromatic carbocycles. The molecule has 2 heterocycles. The van der Waals surface area contributed by atoms with Crippen LogP contribution in [0, 0.1) is 0 Å². The number of H-pyrrole nitrogens is 1. The summed E-state index contributed by atoms with van der Waals surface area (Å²) < 4.78 is 0. The van der Waals surface area contributed by atoms with E-state index >= 15 is 0 Å². The van der Waals surface area contributed by atoms with E-state index in [1.165, 1.54) is 0 Å². The second-order valence-corrected chi connectivity index (χ2v) is 6.74. The monoisotopic (exact) mass is 320 g/mol. The quantitative estimate of drug-likeness (QED) is 0.774. The van der Waals surface area contributed by atoms with Gasteiger partial charge in [0, 0.05) is 34.5 Å². The first-order chi connectivity index (χ1) is 11.4. The molecule has 0 bridgehead atoms. The lowest BCUT2D eigenvalue weighted by molar-refractivity contribution is 0.100. The van der Waals surface area contributed by atoms with E-state index < -0.39 is 5.91 Å². The maximum Gasteiger partial charge on any atom is 0.248 e. The number of rotatable bonds is 3. The van der Waals surface area contributed by atoms with Gasteiger partial charge in [0.05, 0.1) is 11.4 Å². The number of carbonyl (C=O) groups is 1. The van der Waals surface area contributed by atoms with E-state index in [2.05, 4.69) is 30.7 Å². The molecule has 0 saturated carbocycles. The molecule has 0 aliphatic rings. The van der Waals surface area contributed by atoms with Crippen molar-refractivity contribution >= 4 is 5.91 Å². The smallest absolute Gasteiger partial charge is 0.248 e. The van der Waals surface area contributed by atoms with Gasteiger partial charge in [0.15, 0.2) is 0 Å². The Balaban J connectivity index is 2.15. The Morgan fingerprint density at radius 3 is 2.17 bits per heavy atom. The van der Waals surface area contributed by atoms with Crippen molar-refractivity contribution in [2.24, 2.45) is 5.73 Å². The zero-order valence-corrected chi connectivity index (χ0v) is 14.0. The predicted molar refractivity (Wildman–Crippen MR) is 94.5 cm³/mol. The Morgan fingerprint density at radius 1 is 1.00 bits per heavy atom. The molecule has 0 atom stereocenters. The molecule has 0 aliphatic carbocycles. The highest BCUT2D eigenvalue weighted by molar-refractivity contribution is 5.93. The summed E-state index contributed by atoms with van der Waals surface area (Å²) in [6, 6.07) is 11.1. The van der Waals surface area contributed by atoms with Crippen LogP contribution in [0.2, 0.25) is 0 Å². The fourth-order valence-electron chi connectivity index (χ4n) is 2.46. The number of imidazole rings is 1. The summed E-state index contributed by atoms with van der Waals surface area (Å²) in [5.74, 6) is 0.469. The molecule has 1 amide bonds. The maximum atomic E-state index is 11.3. The van der Waals surface area contributed by atoms with Crippen molar-refractivity contribution in [3.8, 4) is 22.5 Å². The normalized spacial score (nSPS) is 11.5. The van der Waals surface area contributed by atoms with Crippen molar-refractivity contribution in [2.75, 3.05) is 0 Å². The second kappa shape index (κ2) is 5.92. The van der Waals surface area contributed by atoms with Gasteiger partial charge in [-0.05, 0) is 24.3 Å². The topological polar surface area (TPSA) is 84.7 Å². The molecule has 0 saturated heterocycles. The van der Waals surface area contributed by atoms with Gasteiger partial charge < -0.3 is 10.7 Å². The van der Waals surface area contributed by atoms with E-state index in [-0.39, 0.29) is 5.41 Å². The van der Waals surface area contributed by atoms with E-state index in [0.29, 0.717) is 5.56 Å². The van der Waals surface area contributed by atoms with Gasteiger partial charge in [0.1, 0.15) is 5.82 Å². The highest BCUT2D eigenvalue weighted by Crippen LogP contribution is 2.33. The largest absolute Gasteiger partial charge is 0.366 e. The number of aromatic nitrogens is 3. The Labute approximate surface area is 141 Å². The van der Waals surface area contributed by atoms with Gasteiger partial charge in [-0.3, -0.25) is 9.78 Å². The van der Waals surface area contributed by atoms with Gasteiger partial charge in [-0.15, -0.1) is 0 Å². The molecule has 0 aliphatic heterocycles. The van der Waals surface area contributed by atoms with Crippen LogP contribution < -0.4 is 5.73 Å². The highest BCUT2D eigenvalue weighted by atomic mass is 16.1. The van der Waals surface area contributed by atoms with E-state index in [0.717, 1.165) is 28.3 Å². The molecular weight excluding hydrogens is 300 g/mol. The number of nitrogens with two attached hydrogens (primary N) is 1. The van der Waals surface area contributed by atoms with Gasteiger partial charge in [-0.2, -0.15) is 0 Å². The average Bonchev–Trinajstić information content (AvgIpc) is 3.01. The average molecular weight is 320 g/mol. The van der Waals surface area contributed by atoms with Crippen molar-refractivity contribution in [2.45, 2.75) is 26.2 Å². The van der Waals surface area contributed by atoms with Crippen LogP contribution in [-0.2, 0) is 5.41 Å². The van der Waals surface area contributed by atoms with Crippen LogP contribution in [-0.4, -0.2) is 20.9 Å². The predicted octanol–water partition coefficient (Wildman–Crippen LogP) is 3.54. The van der Waals surface area contributed by atoms with Crippen molar-refractivity contribution in [1.29, 1.82) is 0 Å². The van der Waals surface area contributed by atoms with Crippen LogP contribution in [0.25, 0.3) is 22.5 Å². The van der Waals surface area contributed by atoms with Gasteiger partial charge in [0.2, 0.25) is 5.91 Å². The maximum absolute atomic E-state index is 11.3. The molecule has 2 aromatic heterocycles. The summed E-state index contributed by atoms with van der Waals surface area (Å²) in [5.41, 5.74) is 9.43. The summed E-state index contributed by atoms with van der Waals surface area (Å²) in [7, 11) is 0. The molecule has 3 N–H and O–H groups in total. The van der Waals surface area contributed by atoms with Crippen LogP contribution in [0.5, 0.6) is 0 Å². The summed E-state index contributed by atoms with van der Waals surface area (Å²) >= 11 is 0. The fraction of sp³-hybridized carbons (Fsp3) is 0.211. The molecule has 0 radical (unpaired) electrons. The molecule has 5 heteroatoms. The number of hydrogen-bond acceptors (Lipinski definition) is 3. The number of pyridine rings is 1. The first-order valence-corrected chi connectivity index (χ1v) is 7.77. The van der Waals surface area contributed by atoms with Crippen LogP contribution >= 0.6 is 0 Å². The van der Waals surface area contributed by atoms with Gasteiger partial charge >= 0.3 is 0 Å². The van der Waals surface area contributed by atoms with Crippen LogP contribution in [0.1, 0.15) is 37.0 Å². The minimum Gasteiger partial charge on any atom is -0.366 e. The lowest BCUT2D eigenvalue weighted by atomic mass is 9.96. The Kier molecular flexibility index (Phi) is 3.93. The number of benzene rings is 1. The standard InChI is InChI=1S/C19H20N4O/c1-19(2,3)18-22-15(12-4-6-14(7-5-12)17(20)24)16(23-18)13-8-10-21-11-9-13/h4-11H,1-3H3,(H2,20,24)(H,22,23). The number of hydrogen-bond donors (Lipinski definition) is 2. The number of nitrogens with zero attached hydrogens (tertiary/aromatic N) is 2. The molecular formula is C19H20N4O. The van der Waals surface area contributed by atoms with E-state index in [1.54, 1.807) is 24.5 Å². The van der Waals surface area contributed by atoms with Crippen LogP contribution in [0.15, 0.2) is 48.8 Å². The summed E-state index contributed by atoms with van der Waals surface area (Å²) in [6.45, 7) is 6.34. The minimum atomic E-state index is -0.437. The zero-order chi connectivity index (χ0) is 17.3. The van der Waals surface area contributed by atoms with Crippen molar-refractivity contribution in [3.05, 3.63) is 60.2 Å². The highest BCUT2D eigenvalue weighted by Gasteiger charge is 2.22. The number of nitrogens with one attached hydrogen (secondary N) is 1. The second-order valence-electron chi connectivity index (χ2n) is 6.74. The van der Waals surface area contributed by atoms with Crippen molar-refractivity contribution in [1.82, 2.24) is 15.0 Å². The molecule has 5 nitrogen and oxygen atoms in total. The zero-order valence-electron chi connectivity index (χ0n) is 14.0. The Morgan fingerprint density at radius 2 is 1.62 bits per heavy atom. The third kappa shape index (κ3) is 3.06. The number of carbonyl (C=O) groups excluding carboxylic acids is 1. The molecule has 0 spiro atoms. The Bertz CT molecular complexity index is 859. The molecule has 122 valence electrons. The number of amides is 1. The molecule has 24 heavy (non-hydrogen) atoms. The first-order valence-electron chi connectivity index (χ1n) is 7.77. The molecule has 0 unspecified atom stereocenters. The number of aromatic amines is 1. The SMILES string of the molecule is CC(C)(C)c1nc(-c2ccc(C(N)=O)cc2)c(-c2ccncc2)[nH]1. The number of primary amides is 1. The van der Waals surface area contributed by atoms with Crippen molar-refractivity contribution < 1.29 is 4.79 Å². The van der Waals surface area contributed by atoms with Crippen molar-refractivity contribution in [3.63, 3.8) is 0 Å². The summed E-state index contributed by atoms with van der Waals surface area (Å²) in [4.78, 5) is 23.6. The van der Waals surface area contributed by atoms with Gasteiger partial charge in [-0.25, -0.2) is 4.98 Å². The van der Waals surface area contributed by atoms with Crippen LogP contribution in [0.3, 0.4) is 0 Å². The lowest BCUT2D eigenvalue weighted by Crippen LogP contribution is -2.13. The molecule has 3 aromatic rings. The molecule has 3 rings (SSSR count). The Hall–Kier alpha value is -2.95.